The highest BCUT2D eigenvalue weighted by Gasteiger charge is 2.42. The fourth-order valence-corrected chi connectivity index (χ4v) is 2.78. The lowest BCUT2D eigenvalue weighted by Crippen LogP contribution is -2.40. The van der Waals surface area contributed by atoms with Crippen molar-refractivity contribution in [1.29, 1.82) is 0 Å². The second-order valence-electron chi connectivity index (χ2n) is 5.86. The SMILES string of the molecule is COc1ccc(C=O)cc1OC(=O)C(O)(c1ccccc1)c1ccccc1. The molecule has 0 unspecified atom stereocenters. The van der Waals surface area contributed by atoms with Crippen LogP contribution in [0.4, 0.5) is 0 Å². The summed E-state index contributed by atoms with van der Waals surface area (Å²) in [5, 5.41) is 11.4. The standard InChI is InChI=1S/C22H18O5/c1-26-19-13-12-16(15-23)14-20(19)27-21(24)22(25,17-8-4-2-5-9-17)18-10-6-3-7-11-18/h2-15,25H,1H3. The van der Waals surface area contributed by atoms with E-state index in [2.05, 4.69) is 0 Å². The predicted molar refractivity (Wildman–Crippen MR) is 99.9 cm³/mol. The van der Waals surface area contributed by atoms with E-state index in [-0.39, 0.29) is 11.5 Å². The van der Waals surface area contributed by atoms with Crippen LogP contribution in [0, 0.1) is 0 Å². The van der Waals surface area contributed by atoms with E-state index in [1.165, 1.54) is 19.2 Å². The smallest absolute Gasteiger partial charge is 0.353 e. The highest BCUT2D eigenvalue weighted by atomic mass is 16.6. The maximum Gasteiger partial charge on any atom is 0.353 e. The van der Waals surface area contributed by atoms with Crippen LogP contribution in [0.2, 0.25) is 0 Å². The molecule has 3 rings (SSSR count). The van der Waals surface area contributed by atoms with Crippen LogP contribution in [-0.4, -0.2) is 24.5 Å². The number of hydrogen-bond acceptors (Lipinski definition) is 5. The van der Waals surface area contributed by atoms with Crippen LogP contribution >= 0.6 is 0 Å². The molecule has 0 bridgehead atoms. The highest BCUT2D eigenvalue weighted by Crippen LogP contribution is 2.34. The summed E-state index contributed by atoms with van der Waals surface area (Å²) in [6.07, 6.45) is 0.636. The van der Waals surface area contributed by atoms with Crippen LogP contribution in [0.1, 0.15) is 21.5 Å². The molecule has 0 saturated carbocycles. The predicted octanol–water partition coefficient (Wildman–Crippen LogP) is 3.35. The van der Waals surface area contributed by atoms with Crippen LogP contribution in [0.25, 0.3) is 0 Å². The van der Waals surface area contributed by atoms with Gasteiger partial charge in [0, 0.05) is 5.56 Å². The van der Waals surface area contributed by atoms with E-state index < -0.39 is 11.6 Å². The molecule has 1 N–H and O–H groups in total. The monoisotopic (exact) mass is 362 g/mol. The zero-order chi connectivity index (χ0) is 19.3. The first-order valence-corrected chi connectivity index (χ1v) is 8.28. The topological polar surface area (TPSA) is 72.8 Å². The number of rotatable bonds is 6. The maximum atomic E-state index is 13.1. The number of carbonyl (C=O) groups is 2. The molecule has 5 heteroatoms. The number of hydrogen-bond donors (Lipinski definition) is 1. The van der Waals surface area contributed by atoms with Crippen LogP contribution in [-0.2, 0) is 10.4 Å². The van der Waals surface area contributed by atoms with Crippen molar-refractivity contribution in [1.82, 2.24) is 0 Å². The van der Waals surface area contributed by atoms with E-state index >= 15 is 0 Å². The summed E-state index contributed by atoms with van der Waals surface area (Å²) in [6.45, 7) is 0. The van der Waals surface area contributed by atoms with E-state index in [0.717, 1.165) is 0 Å². The van der Waals surface area contributed by atoms with Crippen molar-refractivity contribution in [3.63, 3.8) is 0 Å². The number of carbonyl (C=O) groups excluding carboxylic acids is 2. The van der Waals surface area contributed by atoms with Gasteiger partial charge in [-0.2, -0.15) is 0 Å². The largest absolute Gasteiger partial charge is 0.493 e. The molecule has 0 atom stereocenters. The summed E-state index contributed by atoms with van der Waals surface area (Å²) >= 11 is 0. The first-order chi connectivity index (χ1) is 13.1. The molecule has 5 nitrogen and oxygen atoms in total. The number of ether oxygens (including phenoxy) is 2. The summed E-state index contributed by atoms with van der Waals surface area (Å²) in [6, 6.07) is 21.5. The molecule has 0 fully saturated rings. The fourth-order valence-electron chi connectivity index (χ4n) is 2.78. The third-order valence-electron chi connectivity index (χ3n) is 4.20. The van der Waals surface area contributed by atoms with Crippen molar-refractivity contribution in [3.8, 4) is 11.5 Å². The van der Waals surface area contributed by atoms with Gasteiger partial charge in [0.05, 0.1) is 7.11 Å². The third kappa shape index (κ3) is 3.59. The van der Waals surface area contributed by atoms with Crippen LogP contribution in [0.3, 0.4) is 0 Å². The molecule has 0 heterocycles. The lowest BCUT2D eigenvalue weighted by molar-refractivity contribution is -0.152. The quantitative estimate of drug-likeness (QED) is 0.414. The first kappa shape index (κ1) is 18.4. The van der Waals surface area contributed by atoms with Gasteiger partial charge in [-0.3, -0.25) is 4.79 Å². The molecule has 0 spiro atoms. The van der Waals surface area contributed by atoms with Gasteiger partial charge in [0.1, 0.15) is 6.29 Å². The average molecular weight is 362 g/mol. The molecule has 0 aliphatic rings. The first-order valence-electron chi connectivity index (χ1n) is 8.28. The lowest BCUT2D eigenvalue weighted by Gasteiger charge is -2.27. The molecule has 136 valence electrons. The second kappa shape index (κ2) is 7.85. The van der Waals surface area contributed by atoms with Crippen molar-refractivity contribution >= 4 is 12.3 Å². The van der Waals surface area contributed by atoms with Crippen molar-refractivity contribution in [2.45, 2.75) is 5.60 Å². The Bertz CT molecular complexity index is 896. The van der Waals surface area contributed by atoms with Gasteiger partial charge >= 0.3 is 5.97 Å². The van der Waals surface area contributed by atoms with Gasteiger partial charge in [0.2, 0.25) is 5.60 Å². The molecule has 27 heavy (non-hydrogen) atoms. The molecular weight excluding hydrogens is 344 g/mol. The van der Waals surface area contributed by atoms with Gasteiger partial charge in [-0.05, 0) is 29.3 Å². The molecular formula is C22H18O5. The minimum atomic E-state index is -2.02. The Hall–Kier alpha value is -3.44. The Labute approximate surface area is 156 Å². The van der Waals surface area contributed by atoms with Gasteiger partial charge in [-0.1, -0.05) is 60.7 Å². The van der Waals surface area contributed by atoms with Gasteiger partial charge in [-0.15, -0.1) is 0 Å². The van der Waals surface area contributed by atoms with Crippen molar-refractivity contribution < 1.29 is 24.2 Å². The molecule has 0 amide bonds. The van der Waals surface area contributed by atoms with Crippen LogP contribution in [0.5, 0.6) is 11.5 Å². The van der Waals surface area contributed by atoms with Crippen molar-refractivity contribution in [2.24, 2.45) is 0 Å². The Morgan fingerprint density at radius 2 is 1.44 bits per heavy atom. The van der Waals surface area contributed by atoms with Crippen LogP contribution in [0.15, 0.2) is 78.9 Å². The van der Waals surface area contributed by atoms with E-state index in [9.17, 15) is 14.7 Å². The molecule has 0 aliphatic carbocycles. The summed E-state index contributed by atoms with van der Waals surface area (Å²) < 4.78 is 10.7. The Balaban J connectivity index is 2.07. The van der Waals surface area contributed by atoms with E-state index in [4.69, 9.17) is 9.47 Å². The third-order valence-corrected chi connectivity index (χ3v) is 4.20. The Morgan fingerprint density at radius 1 is 0.889 bits per heavy atom. The van der Waals surface area contributed by atoms with Crippen molar-refractivity contribution in [2.75, 3.05) is 7.11 Å². The summed E-state index contributed by atoms with van der Waals surface area (Å²) in [5.74, 6) is -0.573. The number of aliphatic hydroxyl groups is 1. The molecule has 3 aromatic carbocycles. The minimum Gasteiger partial charge on any atom is -0.493 e. The van der Waals surface area contributed by atoms with Gasteiger partial charge < -0.3 is 14.6 Å². The highest BCUT2D eigenvalue weighted by molar-refractivity contribution is 5.88. The van der Waals surface area contributed by atoms with Gasteiger partial charge in [0.25, 0.3) is 0 Å². The molecule has 3 aromatic rings. The second-order valence-corrected chi connectivity index (χ2v) is 5.86. The number of esters is 1. The normalized spacial score (nSPS) is 10.9. The Morgan fingerprint density at radius 3 is 1.93 bits per heavy atom. The van der Waals surface area contributed by atoms with E-state index in [0.29, 0.717) is 23.0 Å². The minimum absolute atomic E-state index is 0.0531. The summed E-state index contributed by atoms with van der Waals surface area (Å²) in [4.78, 5) is 24.1. The van der Waals surface area contributed by atoms with E-state index in [1.54, 1.807) is 66.7 Å². The zero-order valence-corrected chi connectivity index (χ0v) is 14.7. The molecule has 0 aliphatic heterocycles. The number of benzene rings is 3. The maximum absolute atomic E-state index is 13.1. The van der Waals surface area contributed by atoms with Gasteiger partial charge in [0.15, 0.2) is 11.5 Å². The van der Waals surface area contributed by atoms with Crippen LogP contribution < -0.4 is 9.47 Å². The van der Waals surface area contributed by atoms with Crippen molar-refractivity contribution in [3.05, 3.63) is 95.6 Å². The Kier molecular flexibility index (Phi) is 5.33. The lowest BCUT2D eigenvalue weighted by atomic mass is 9.86. The fraction of sp³-hybridized carbons (Fsp3) is 0.0909. The number of aldehydes is 1. The summed E-state index contributed by atoms with van der Waals surface area (Å²) in [7, 11) is 1.42. The summed E-state index contributed by atoms with van der Waals surface area (Å²) in [5.41, 5.74) is -0.968. The average Bonchev–Trinajstić information content (AvgIpc) is 2.74. The molecule has 0 radical (unpaired) electrons. The number of methoxy groups -OCH3 is 1. The zero-order valence-electron chi connectivity index (χ0n) is 14.7. The van der Waals surface area contributed by atoms with E-state index in [1.807, 2.05) is 0 Å². The van der Waals surface area contributed by atoms with Gasteiger partial charge in [-0.25, -0.2) is 4.79 Å². The molecule has 0 aromatic heterocycles. The molecule has 0 saturated heterocycles.